The number of esters is 1. The van der Waals surface area contributed by atoms with E-state index in [1.54, 1.807) is 19.1 Å². The predicted molar refractivity (Wildman–Crippen MR) is 108 cm³/mol. The average Bonchev–Trinajstić information content (AvgIpc) is 2.69. The third-order valence-electron chi connectivity index (χ3n) is 5.46. The summed E-state index contributed by atoms with van der Waals surface area (Å²) in [6.07, 6.45) is 4.64. The SMILES string of the molecule is CCN(C(=O)[C@@H](C)OC(=O)CNC(=O)c1ccc(C)c(C)c1)C1CCCCC1. The van der Waals surface area contributed by atoms with Gasteiger partial charge in [-0.05, 0) is 63.8 Å². The van der Waals surface area contributed by atoms with Gasteiger partial charge in [-0.15, -0.1) is 0 Å². The molecule has 0 heterocycles. The van der Waals surface area contributed by atoms with Crippen LogP contribution >= 0.6 is 0 Å². The van der Waals surface area contributed by atoms with Crippen LogP contribution in [0.15, 0.2) is 18.2 Å². The van der Waals surface area contributed by atoms with Crippen molar-refractivity contribution in [3.8, 4) is 0 Å². The van der Waals surface area contributed by atoms with Gasteiger partial charge in [0.1, 0.15) is 6.54 Å². The van der Waals surface area contributed by atoms with Crippen molar-refractivity contribution in [2.45, 2.75) is 71.9 Å². The number of hydrogen-bond acceptors (Lipinski definition) is 4. The van der Waals surface area contributed by atoms with E-state index >= 15 is 0 Å². The first-order valence-corrected chi connectivity index (χ1v) is 10.2. The molecule has 1 aromatic carbocycles. The number of rotatable bonds is 7. The van der Waals surface area contributed by atoms with Gasteiger partial charge in [0.2, 0.25) is 0 Å². The van der Waals surface area contributed by atoms with Crippen LogP contribution in [0, 0.1) is 13.8 Å². The van der Waals surface area contributed by atoms with Crippen molar-refractivity contribution in [1.82, 2.24) is 10.2 Å². The second-order valence-corrected chi connectivity index (χ2v) is 7.53. The van der Waals surface area contributed by atoms with Crippen molar-refractivity contribution < 1.29 is 19.1 Å². The average molecular weight is 389 g/mol. The van der Waals surface area contributed by atoms with Crippen molar-refractivity contribution >= 4 is 17.8 Å². The highest BCUT2D eigenvalue weighted by Gasteiger charge is 2.29. The lowest BCUT2D eigenvalue weighted by molar-refractivity contribution is -0.159. The lowest BCUT2D eigenvalue weighted by Crippen LogP contribution is -2.47. The zero-order valence-corrected chi connectivity index (χ0v) is 17.4. The first-order chi connectivity index (χ1) is 13.3. The largest absolute Gasteiger partial charge is 0.451 e. The number of carbonyl (C=O) groups is 3. The van der Waals surface area contributed by atoms with Crippen LogP contribution < -0.4 is 5.32 Å². The van der Waals surface area contributed by atoms with Gasteiger partial charge in [0, 0.05) is 18.2 Å². The minimum absolute atomic E-state index is 0.164. The molecule has 28 heavy (non-hydrogen) atoms. The molecule has 1 atom stereocenters. The first-order valence-electron chi connectivity index (χ1n) is 10.2. The molecule has 1 N–H and O–H groups in total. The van der Waals surface area contributed by atoms with Crippen LogP contribution in [0.4, 0.5) is 0 Å². The predicted octanol–water partition coefficient (Wildman–Crippen LogP) is 3.15. The smallest absolute Gasteiger partial charge is 0.326 e. The molecule has 1 saturated carbocycles. The summed E-state index contributed by atoms with van der Waals surface area (Å²) in [4.78, 5) is 38.8. The summed E-state index contributed by atoms with van der Waals surface area (Å²) in [5, 5.41) is 2.56. The summed E-state index contributed by atoms with van der Waals surface area (Å²) in [7, 11) is 0. The minimum Gasteiger partial charge on any atom is -0.451 e. The summed E-state index contributed by atoms with van der Waals surface area (Å²) < 4.78 is 5.27. The van der Waals surface area contributed by atoms with E-state index < -0.39 is 12.1 Å². The Labute approximate surface area is 167 Å². The molecular weight excluding hydrogens is 356 g/mol. The van der Waals surface area contributed by atoms with Crippen molar-refractivity contribution in [1.29, 1.82) is 0 Å². The van der Waals surface area contributed by atoms with Crippen LogP contribution in [0.25, 0.3) is 0 Å². The van der Waals surface area contributed by atoms with Gasteiger partial charge in [0.15, 0.2) is 6.10 Å². The molecular formula is C22H32N2O4. The Balaban J connectivity index is 1.84. The minimum atomic E-state index is -0.854. The summed E-state index contributed by atoms with van der Waals surface area (Å²) in [5.74, 6) is -1.11. The van der Waals surface area contributed by atoms with Gasteiger partial charge >= 0.3 is 5.97 Å². The molecule has 1 fully saturated rings. The highest BCUT2D eigenvalue weighted by Crippen LogP contribution is 2.23. The van der Waals surface area contributed by atoms with Gasteiger partial charge < -0.3 is 15.0 Å². The quantitative estimate of drug-likeness (QED) is 0.728. The molecule has 0 spiro atoms. The van der Waals surface area contributed by atoms with Gasteiger partial charge in [-0.3, -0.25) is 14.4 Å². The lowest BCUT2D eigenvalue weighted by atomic mass is 9.94. The molecule has 0 bridgehead atoms. The van der Waals surface area contributed by atoms with Gasteiger partial charge in [-0.2, -0.15) is 0 Å². The molecule has 2 rings (SSSR count). The maximum Gasteiger partial charge on any atom is 0.326 e. The molecule has 1 aliphatic carbocycles. The fraction of sp³-hybridized carbons (Fsp3) is 0.591. The lowest BCUT2D eigenvalue weighted by Gasteiger charge is -2.35. The summed E-state index contributed by atoms with van der Waals surface area (Å²) in [6, 6.07) is 5.61. The van der Waals surface area contributed by atoms with Gasteiger partial charge in [0.25, 0.3) is 11.8 Å². The zero-order chi connectivity index (χ0) is 20.7. The molecule has 6 nitrogen and oxygen atoms in total. The van der Waals surface area contributed by atoms with Crippen molar-refractivity contribution in [2.75, 3.05) is 13.1 Å². The number of likely N-dealkylation sites (N-methyl/N-ethyl adjacent to an activating group) is 1. The fourth-order valence-corrected chi connectivity index (χ4v) is 3.65. The number of benzene rings is 1. The third-order valence-corrected chi connectivity index (χ3v) is 5.46. The number of hydrogen-bond donors (Lipinski definition) is 1. The van der Waals surface area contributed by atoms with Crippen LogP contribution in [0.2, 0.25) is 0 Å². The van der Waals surface area contributed by atoms with Gasteiger partial charge in [-0.25, -0.2) is 0 Å². The molecule has 154 valence electrons. The number of nitrogens with zero attached hydrogens (tertiary/aromatic N) is 1. The van der Waals surface area contributed by atoms with Crippen LogP contribution in [-0.4, -0.2) is 47.9 Å². The molecule has 1 aromatic rings. The van der Waals surface area contributed by atoms with E-state index in [4.69, 9.17) is 4.74 Å². The second-order valence-electron chi connectivity index (χ2n) is 7.53. The maximum absolute atomic E-state index is 12.7. The topological polar surface area (TPSA) is 75.7 Å². The normalized spacial score (nSPS) is 15.6. The highest BCUT2D eigenvalue weighted by atomic mass is 16.5. The molecule has 0 aliphatic heterocycles. The molecule has 0 unspecified atom stereocenters. The molecule has 6 heteroatoms. The fourth-order valence-electron chi connectivity index (χ4n) is 3.65. The zero-order valence-electron chi connectivity index (χ0n) is 17.4. The van der Waals surface area contributed by atoms with Crippen molar-refractivity contribution in [3.05, 3.63) is 34.9 Å². The van der Waals surface area contributed by atoms with Crippen molar-refractivity contribution in [3.63, 3.8) is 0 Å². The first kappa shape index (κ1) is 21.9. The Hall–Kier alpha value is -2.37. The highest BCUT2D eigenvalue weighted by molar-refractivity contribution is 5.96. The number of carbonyl (C=O) groups excluding carboxylic acids is 3. The van der Waals surface area contributed by atoms with E-state index in [2.05, 4.69) is 5.32 Å². The monoisotopic (exact) mass is 388 g/mol. The standard InChI is InChI=1S/C22H32N2O4/c1-5-24(19-9-7-6-8-10-19)22(27)17(4)28-20(25)14-23-21(26)18-12-11-15(2)16(3)13-18/h11-13,17,19H,5-10,14H2,1-4H3,(H,23,26)/t17-/m1/s1. The molecule has 0 radical (unpaired) electrons. The molecule has 2 amide bonds. The molecule has 0 saturated heterocycles. The Morgan fingerprint density at radius 1 is 1.14 bits per heavy atom. The van der Waals surface area contributed by atoms with E-state index in [1.807, 2.05) is 31.7 Å². The molecule has 1 aliphatic rings. The Bertz CT molecular complexity index is 710. The van der Waals surface area contributed by atoms with Crippen LogP contribution in [0.5, 0.6) is 0 Å². The summed E-state index contributed by atoms with van der Waals surface area (Å²) >= 11 is 0. The number of amides is 2. The van der Waals surface area contributed by atoms with Crippen LogP contribution in [0.1, 0.15) is 67.4 Å². The number of ether oxygens (including phenoxy) is 1. The van der Waals surface area contributed by atoms with Gasteiger partial charge in [-0.1, -0.05) is 25.3 Å². The van der Waals surface area contributed by atoms with Crippen molar-refractivity contribution in [2.24, 2.45) is 0 Å². The maximum atomic E-state index is 12.7. The third kappa shape index (κ3) is 5.81. The van der Waals surface area contributed by atoms with Crippen LogP contribution in [-0.2, 0) is 14.3 Å². The van der Waals surface area contributed by atoms with E-state index in [0.29, 0.717) is 12.1 Å². The number of aryl methyl sites for hydroxylation is 2. The number of nitrogens with one attached hydrogen (secondary N) is 1. The Kier molecular flexibility index (Phi) is 8.03. The van der Waals surface area contributed by atoms with E-state index in [-0.39, 0.29) is 24.4 Å². The second kappa shape index (κ2) is 10.2. The van der Waals surface area contributed by atoms with E-state index in [1.165, 1.54) is 6.42 Å². The van der Waals surface area contributed by atoms with E-state index in [9.17, 15) is 14.4 Å². The Morgan fingerprint density at radius 3 is 2.43 bits per heavy atom. The Morgan fingerprint density at radius 2 is 1.82 bits per heavy atom. The summed E-state index contributed by atoms with van der Waals surface area (Å²) in [5.41, 5.74) is 2.60. The summed E-state index contributed by atoms with van der Waals surface area (Å²) in [6.45, 7) is 7.79. The van der Waals surface area contributed by atoms with Crippen LogP contribution in [0.3, 0.4) is 0 Å². The molecule has 0 aromatic heterocycles. The van der Waals surface area contributed by atoms with Gasteiger partial charge in [0.05, 0.1) is 0 Å². The van der Waals surface area contributed by atoms with E-state index in [0.717, 1.165) is 36.8 Å².